The van der Waals surface area contributed by atoms with E-state index in [9.17, 15) is 0 Å². The highest BCUT2D eigenvalue weighted by molar-refractivity contribution is 6.30. The molecule has 0 aliphatic heterocycles. The number of halogens is 1. The summed E-state index contributed by atoms with van der Waals surface area (Å²) >= 11 is 5.91. The Morgan fingerprint density at radius 1 is 1.33 bits per heavy atom. The maximum atomic E-state index is 6.25. The molecule has 1 atom stereocenters. The Morgan fingerprint density at radius 2 is 1.93 bits per heavy atom. The summed E-state index contributed by atoms with van der Waals surface area (Å²) in [6.45, 7) is 2.17. The molecule has 1 aromatic carbocycles. The highest BCUT2D eigenvalue weighted by atomic mass is 35.5. The molecule has 82 valence electrons. The van der Waals surface area contributed by atoms with E-state index in [1.807, 2.05) is 12.1 Å². The Balaban J connectivity index is 2.30. The molecule has 1 aromatic rings. The van der Waals surface area contributed by atoms with Crippen molar-refractivity contribution >= 4 is 11.6 Å². The first-order valence-electron chi connectivity index (χ1n) is 5.70. The first-order chi connectivity index (χ1) is 7.19. The number of hydrogen-bond acceptors (Lipinski definition) is 1. The van der Waals surface area contributed by atoms with Crippen LogP contribution in [0, 0.1) is 0 Å². The third-order valence-electron chi connectivity index (χ3n) is 3.81. The van der Waals surface area contributed by atoms with E-state index in [2.05, 4.69) is 19.1 Å². The molecule has 1 saturated carbocycles. The van der Waals surface area contributed by atoms with Crippen LogP contribution in [0.3, 0.4) is 0 Å². The summed E-state index contributed by atoms with van der Waals surface area (Å²) in [7, 11) is 0. The zero-order valence-electron chi connectivity index (χ0n) is 9.17. The van der Waals surface area contributed by atoms with Crippen LogP contribution in [0.15, 0.2) is 24.3 Å². The van der Waals surface area contributed by atoms with Gasteiger partial charge >= 0.3 is 0 Å². The van der Waals surface area contributed by atoms with Gasteiger partial charge < -0.3 is 5.73 Å². The molecule has 2 N–H and O–H groups in total. The number of nitrogens with two attached hydrogens (primary N) is 1. The lowest BCUT2D eigenvalue weighted by atomic mass is 9.60. The summed E-state index contributed by atoms with van der Waals surface area (Å²) in [4.78, 5) is 0. The van der Waals surface area contributed by atoms with Gasteiger partial charge in [-0.05, 0) is 37.0 Å². The molecular weight excluding hydrogens is 206 g/mol. The van der Waals surface area contributed by atoms with E-state index in [4.69, 9.17) is 17.3 Å². The molecule has 15 heavy (non-hydrogen) atoms. The van der Waals surface area contributed by atoms with Crippen molar-refractivity contribution in [2.75, 3.05) is 0 Å². The molecule has 1 fully saturated rings. The Kier molecular flexibility index (Phi) is 3.03. The second-order valence-electron chi connectivity index (χ2n) is 4.53. The standard InChI is InChI=1S/C13H18ClN/c1-2-12(15)13(8-3-9-13)10-4-6-11(14)7-5-10/h4-7,12H,2-3,8-9,15H2,1H3. The van der Waals surface area contributed by atoms with Crippen LogP contribution in [-0.4, -0.2) is 6.04 Å². The number of rotatable bonds is 3. The van der Waals surface area contributed by atoms with Crippen molar-refractivity contribution in [1.29, 1.82) is 0 Å². The maximum Gasteiger partial charge on any atom is 0.0406 e. The largest absolute Gasteiger partial charge is 0.327 e. The number of benzene rings is 1. The second-order valence-corrected chi connectivity index (χ2v) is 4.97. The van der Waals surface area contributed by atoms with Crippen molar-refractivity contribution in [2.45, 2.75) is 44.1 Å². The topological polar surface area (TPSA) is 26.0 Å². The fourth-order valence-electron chi connectivity index (χ4n) is 2.60. The van der Waals surface area contributed by atoms with Crippen LogP contribution < -0.4 is 5.73 Å². The normalized spacial score (nSPS) is 20.7. The van der Waals surface area contributed by atoms with Crippen LogP contribution in [0.1, 0.15) is 38.2 Å². The van der Waals surface area contributed by atoms with Gasteiger partial charge in [-0.1, -0.05) is 37.1 Å². The van der Waals surface area contributed by atoms with Crippen LogP contribution >= 0.6 is 11.6 Å². The molecule has 0 heterocycles. The zero-order valence-corrected chi connectivity index (χ0v) is 9.93. The molecule has 0 radical (unpaired) electrons. The zero-order chi connectivity index (χ0) is 10.9. The predicted octanol–water partition coefficient (Wildman–Crippen LogP) is 3.50. The Morgan fingerprint density at radius 3 is 2.33 bits per heavy atom. The Labute approximate surface area is 96.6 Å². The smallest absolute Gasteiger partial charge is 0.0406 e. The quantitative estimate of drug-likeness (QED) is 0.834. The maximum absolute atomic E-state index is 6.25. The van der Waals surface area contributed by atoms with Crippen LogP contribution in [0.4, 0.5) is 0 Å². The van der Waals surface area contributed by atoms with Gasteiger partial charge in [0.25, 0.3) is 0 Å². The second kappa shape index (κ2) is 4.15. The molecule has 1 aliphatic carbocycles. The van der Waals surface area contributed by atoms with Gasteiger partial charge in [0, 0.05) is 16.5 Å². The monoisotopic (exact) mass is 223 g/mol. The average molecular weight is 224 g/mol. The molecule has 0 spiro atoms. The van der Waals surface area contributed by atoms with E-state index in [-0.39, 0.29) is 11.5 Å². The van der Waals surface area contributed by atoms with Gasteiger partial charge in [0.1, 0.15) is 0 Å². The molecule has 2 rings (SSSR count). The van der Waals surface area contributed by atoms with E-state index in [1.165, 1.54) is 24.8 Å². The Hall–Kier alpha value is -0.530. The first kappa shape index (κ1) is 11.0. The molecule has 1 unspecified atom stereocenters. The highest BCUT2D eigenvalue weighted by Crippen LogP contribution is 2.46. The summed E-state index contributed by atoms with van der Waals surface area (Å²) in [5, 5.41) is 0.804. The van der Waals surface area contributed by atoms with Crippen LogP contribution in [-0.2, 0) is 5.41 Å². The van der Waals surface area contributed by atoms with Crippen molar-refractivity contribution < 1.29 is 0 Å². The van der Waals surface area contributed by atoms with Crippen molar-refractivity contribution in [1.82, 2.24) is 0 Å². The van der Waals surface area contributed by atoms with Crippen LogP contribution in [0.2, 0.25) is 5.02 Å². The molecule has 0 amide bonds. The predicted molar refractivity (Wildman–Crippen MR) is 65.2 cm³/mol. The SMILES string of the molecule is CCC(N)C1(c2ccc(Cl)cc2)CCC1. The summed E-state index contributed by atoms with van der Waals surface area (Å²) in [6, 6.07) is 8.50. The minimum atomic E-state index is 0.235. The third-order valence-corrected chi connectivity index (χ3v) is 4.07. The molecule has 0 aromatic heterocycles. The molecule has 1 nitrogen and oxygen atoms in total. The van der Waals surface area contributed by atoms with Gasteiger partial charge in [-0.15, -0.1) is 0 Å². The van der Waals surface area contributed by atoms with E-state index in [1.54, 1.807) is 0 Å². The van der Waals surface area contributed by atoms with Crippen LogP contribution in [0.5, 0.6) is 0 Å². The van der Waals surface area contributed by atoms with Crippen LogP contribution in [0.25, 0.3) is 0 Å². The minimum Gasteiger partial charge on any atom is -0.327 e. The molecule has 0 bridgehead atoms. The van der Waals surface area contributed by atoms with Gasteiger partial charge in [0.15, 0.2) is 0 Å². The lowest BCUT2D eigenvalue weighted by molar-refractivity contribution is 0.192. The molecule has 1 aliphatic rings. The van der Waals surface area contributed by atoms with E-state index >= 15 is 0 Å². The first-order valence-corrected chi connectivity index (χ1v) is 6.08. The highest BCUT2D eigenvalue weighted by Gasteiger charge is 2.42. The minimum absolute atomic E-state index is 0.235. The van der Waals surface area contributed by atoms with E-state index in [0.29, 0.717) is 0 Å². The van der Waals surface area contributed by atoms with Gasteiger partial charge in [0.2, 0.25) is 0 Å². The van der Waals surface area contributed by atoms with Gasteiger partial charge in [-0.25, -0.2) is 0 Å². The fourth-order valence-corrected chi connectivity index (χ4v) is 2.73. The summed E-state index contributed by atoms with van der Waals surface area (Å²) in [6.07, 6.45) is 4.80. The lowest BCUT2D eigenvalue weighted by Gasteiger charge is -2.47. The van der Waals surface area contributed by atoms with Crippen molar-refractivity contribution in [3.8, 4) is 0 Å². The van der Waals surface area contributed by atoms with E-state index in [0.717, 1.165) is 11.4 Å². The average Bonchev–Trinajstić information content (AvgIpc) is 2.19. The van der Waals surface area contributed by atoms with Crippen molar-refractivity contribution in [2.24, 2.45) is 5.73 Å². The summed E-state index contributed by atoms with van der Waals surface area (Å²) in [5.74, 6) is 0. The van der Waals surface area contributed by atoms with Gasteiger partial charge in [-0.2, -0.15) is 0 Å². The Bertz CT molecular complexity index is 327. The fraction of sp³-hybridized carbons (Fsp3) is 0.538. The lowest BCUT2D eigenvalue weighted by Crippen LogP contribution is -2.50. The molecule has 0 saturated heterocycles. The van der Waals surface area contributed by atoms with Gasteiger partial charge in [0.05, 0.1) is 0 Å². The summed E-state index contributed by atoms with van der Waals surface area (Å²) in [5.41, 5.74) is 7.85. The van der Waals surface area contributed by atoms with Crippen molar-refractivity contribution in [3.05, 3.63) is 34.9 Å². The molecule has 2 heteroatoms. The van der Waals surface area contributed by atoms with Crippen molar-refractivity contribution in [3.63, 3.8) is 0 Å². The third kappa shape index (κ3) is 1.79. The van der Waals surface area contributed by atoms with E-state index < -0.39 is 0 Å². The van der Waals surface area contributed by atoms with Gasteiger partial charge in [-0.3, -0.25) is 0 Å². The summed E-state index contributed by atoms with van der Waals surface area (Å²) < 4.78 is 0. The number of hydrogen-bond donors (Lipinski definition) is 1. The molecular formula is C13H18ClN.